The minimum Gasteiger partial charge on any atom is -0.318 e. The number of rotatable bonds is 0. The second-order valence-corrected chi connectivity index (χ2v) is 3.44. The number of fused-ring (bicyclic) bond motifs is 3. The number of carbonyl (C=O) groups excluding carboxylic acids is 1. The van der Waals surface area contributed by atoms with E-state index in [1.165, 1.54) is 0 Å². The predicted molar refractivity (Wildman–Crippen MR) is 48.2 cm³/mol. The predicted octanol–water partition coefficient (Wildman–Crippen LogP) is 0.744. The highest BCUT2D eigenvalue weighted by Gasteiger charge is 2.38. The van der Waals surface area contributed by atoms with Crippen molar-refractivity contribution in [1.29, 1.82) is 0 Å². The molecule has 1 amide bonds. The van der Waals surface area contributed by atoms with Crippen LogP contribution >= 0.6 is 0 Å². The van der Waals surface area contributed by atoms with Crippen molar-refractivity contribution in [3.8, 4) is 0 Å². The van der Waals surface area contributed by atoms with Crippen LogP contribution in [0.4, 0.5) is 0 Å². The van der Waals surface area contributed by atoms with Crippen LogP contribution in [0.5, 0.6) is 0 Å². The largest absolute Gasteiger partial charge is 0.318 e. The summed E-state index contributed by atoms with van der Waals surface area (Å²) in [5.74, 6) is 0.172. The maximum absolute atomic E-state index is 11.8. The smallest absolute Gasteiger partial charge is 0.255 e. The van der Waals surface area contributed by atoms with Crippen LogP contribution in [0.15, 0.2) is 24.3 Å². The molecule has 13 heavy (non-hydrogen) atoms. The Morgan fingerprint density at radius 3 is 3.15 bits per heavy atom. The molecule has 1 atom stereocenters. The van der Waals surface area contributed by atoms with Crippen LogP contribution in [0.2, 0.25) is 0 Å². The molecule has 0 bridgehead atoms. The van der Waals surface area contributed by atoms with E-state index in [4.69, 9.17) is 0 Å². The molecule has 2 aliphatic rings. The van der Waals surface area contributed by atoms with Crippen LogP contribution in [-0.2, 0) is 0 Å². The van der Waals surface area contributed by atoms with Crippen LogP contribution in [0, 0.1) is 0 Å². The zero-order chi connectivity index (χ0) is 8.84. The molecule has 3 rings (SSSR count). The van der Waals surface area contributed by atoms with Crippen molar-refractivity contribution in [2.45, 2.75) is 6.17 Å². The first-order valence-electron chi connectivity index (χ1n) is 4.51. The van der Waals surface area contributed by atoms with E-state index in [0.29, 0.717) is 0 Å². The third-order valence-electron chi connectivity index (χ3n) is 2.75. The fourth-order valence-electron chi connectivity index (χ4n) is 2.14. The summed E-state index contributed by atoms with van der Waals surface area (Å²) in [6.45, 7) is 1.74. The van der Waals surface area contributed by atoms with Gasteiger partial charge in [0.15, 0.2) is 0 Å². The molecule has 0 saturated carbocycles. The zero-order valence-corrected chi connectivity index (χ0v) is 7.16. The summed E-state index contributed by atoms with van der Waals surface area (Å²) in [5, 5.41) is 3.31. The molecular weight excluding hydrogens is 164 g/mol. The van der Waals surface area contributed by atoms with Gasteiger partial charge in [-0.2, -0.15) is 0 Å². The minimum absolute atomic E-state index is 0.142. The Morgan fingerprint density at radius 1 is 1.38 bits per heavy atom. The van der Waals surface area contributed by atoms with E-state index >= 15 is 0 Å². The van der Waals surface area contributed by atoms with Crippen LogP contribution < -0.4 is 5.32 Å². The maximum Gasteiger partial charge on any atom is 0.255 e. The van der Waals surface area contributed by atoms with Gasteiger partial charge in [0.25, 0.3) is 5.91 Å². The van der Waals surface area contributed by atoms with E-state index < -0.39 is 0 Å². The summed E-state index contributed by atoms with van der Waals surface area (Å²) in [6.07, 6.45) is 0.142. The highest BCUT2D eigenvalue weighted by molar-refractivity contribution is 5.99. The Kier molecular flexibility index (Phi) is 1.27. The van der Waals surface area contributed by atoms with Gasteiger partial charge < -0.3 is 4.90 Å². The van der Waals surface area contributed by atoms with Crippen molar-refractivity contribution in [1.82, 2.24) is 10.2 Å². The molecule has 3 heteroatoms. The summed E-state index contributed by atoms with van der Waals surface area (Å²) >= 11 is 0. The first-order valence-corrected chi connectivity index (χ1v) is 4.51. The molecule has 1 fully saturated rings. The van der Waals surface area contributed by atoms with Gasteiger partial charge in [-0.25, -0.2) is 0 Å². The summed E-state index contributed by atoms with van der Waals surface area (Å²) < 4.78 is 0. The van der Waals surface area contributed by atoms with Crippen molar-refractivity contribution in [3.05, 3.63) is 35.4 Å². The minimum atomic E-state index is 0.142. The normalized spacial score (nSPS) is 24.8. The van der Waals surface area contributed by atoms with Gasteiger partial charge in [-0.05, 0) is 6.07 Å². The van der Waals surface area contributed by atoms with Crippen LogP contribution in [0.1, 0.15) is 22.1 Å². The second-order valence-electron chi connectivity index (χ2n) is 3.44. The number of nitrogens with zero attached hydrogens (tertiary/aromatic N) is 1. The summed E-state index contributed by atoms with van der Waals surface area (Å²) in [6, 6.07) is 7.82. The van der Waals surface area contributed by atoms with Gasteiger partial charge in [0.2, 0.25) is 0 Å². The van der Waals surface area contributed by atoms with Crippen LogP contribution in [0.3, 0.4) is 0 Å². The number of hydrogen-bond acceptors (Lipinski definition) is 2. The average molecular weight is 174 g/mol. The quantitative estimate of drug-likeness (QED) is 0.629. The monoisotopic (exact) mass is 174 g/mol. The van der Waals surface area contributed by atoms with Crippen molar-refractivity contribution in [2.75, 3.05) is 13.1 Å². The molecule has 0 radical (unpaired) electrons. The number of nitrogens with one attached hydrogen (secondary N) is 1. The third-order valence-corrected chi connectivity index (χ3v) is 2.75. The highest BCUT2D eigenvalue weighted by atomic mass is 16.2. The van der Waals surface area contributed by atoms with Gasteiger partial charge in [0, 0.05) is 24.2 Å². The molecule has 2 aliphatic heterocycles. The molecule has 2 heterocycles. The van der Waals surface area contributed by atoms with Gasteiger partial charge in [0.1, 0.15) is 6.17 Å². The lowest BCUT2D eigenvalue weighted by Gasteiger charge is -2.14. The molecule has 66 valence electrons. The van der Waals surface area contributed by atoms with E-state index in [9.17, 15) is 4.79 Å². The lowest BCUT2D eigenvalue weighted by molar-refractivity contribution is 0.0771. The zero-order valence-electron chi connectivity index (χ0n) is 7.16. The highest BCUT2D eigenvalue weighted by Crippen LogP contribution is 2.33. The first-order chi connectivity index (χ1) is 6.38. The van der Waals surface area contributed by atoms with Crippen LogP contribution in [0.25, 0.3) is 0 Å². The lowest BCUT2D eigenvalue weighted by atomic mass is 10.1. The van der Waals surface area contributed by atoms with Crippen LogP contribution in [-0.4, -0.2) is 23.9 Å². The van der Waals surface area contributed by atoms with Crippen molar-refractivity contribution >= 4 is 5.91 Å². The maximum atomic E-state index is 11.8. The SMILES string of the molecule is O=C1c2ccccc2[C@H]2NCCN12. The number of amides is 1. The average Bonchev–Trinajstić information content (AvgIpc) is 2.72. The molecule has 1 aromatic carbocycles. The summed E-state index contributed by atoms with van der Waals surface area (Å²) in [7, 11) is 0. The molecule has 1 saturated heterocycles. The van der Waals surface area contributed by atoms with E-state index in [1.54, 1.807) is 0 Å². The van der Waals surface area contributed by atoms with Crippen molar-refractivity contribution in [2.24, 2.45) is 0 Å². The van der Waals surface area contributed by atoms with Gasteiger partial charge in [-0.3, -0.25) is 10.1 Å². The van der Waals surface area contributed by atoms with Gasteiger partial charge >= 0.3 is 0 Å². The molecule has 1 N–H and O–H groups in total. The van der Waals surface area contributed by atoms with Gasteiger partial charge in [0.05, 0.1) is 0 Å². The van der Waals surface area contributed by atoms with E-state index in [-0.39, 0.29) is 12.1 Å². The first kappa shape index (κ1) is 7.09. The molecule has 0 unspecified atom stereocenters. The standard InChI is InChI=1S/C10H10N2O/c13-10-8-4-2-1-3-7(8)9-11-5-6-12(9)10/h1-4,9,11H,5-6H2/t9-/m0/s1. The fourth-order valence-corrected chi connectivity index (χ4v) is 2.14. The van der Waals surface area contributed by atoms with Crippen molar-refractivity contribution < 1.29 is 4.79 Å². The Labute approximate surface area is 76.4 Å². The lowest BCUT2D eigenvalue weighted by Crippen LogP contribution is -2.25. The Balaban J connectivity index is 2.19. The molecule has 3 nitrogen and oxygen atoms in total. The third kappa shape index (κ3) is 0.795. The summed E-state index contributed by atoms with van der Waals surface area (Å²) in [5.41, 5.74) is 1.99. The Morgan fingerprint density at radius 2 is 2.23 bits per heavy atom. The topological polar surface area (TPSA) is 32.3 Å². The molecular formula is C10H10N2O. The van der Waals surface area contributed by atoms with E-state index in [1.807, 2.05) is 29.2 Å². The number of carbonyl (C=O) groups is 1. The number of hydrogen-bond donors (Lipinski definition) is 1. The second kappa shape index (κ2) is 2.33. The summed E-state index contributed by atoms with van der Waals surface area (Å²) in [4.78, 5) is 13.7. The van der Waals surface area contributed by atoms with Crippen molar-refractivity contribution in [3.63, 3.8) is 0 Å². The van der Waals surface area contributed by atoms with Gasteiger partial charge in [-0.15, -0.1) is 0 Å². The Bertz CT molecular complexity index is 375. The molecule has 0 aliphatic carbocycles. The molecule has 1 aromatic rings. The van der Waals surface area contributed by atoms with E-state index in [0.717, 1.165) is 24.2 Å². The number of benzene rings is 1. The van der Waals surface area contributed by atoms with Gasteiger partial charge in [-0.1, -0.05) is 18.2 Å². The Hall–Kier alpha value is -1.35. The molecule has 0 spiro atoms. The fraction of sp³-hybridized carbons (Fsp3) is 0.300. The molecule has 0 aromatic heterocycles. The van der Waals surface area contributed by atoms with E-state index in [2.05, 4.69) is 5.32 Å².